The van der Waals surface area contributed by atoms with Crippen LogP contribution in [0.25, 0.3) is 0 Å². The molecule has 0 N–H and O–H groups in total. The van der Waals surface area contributed by atoms with Gasteiger partial charge >= 0.3 is 0 Å². The van der Waals surface area contributed by atoms with E-state index in [1.807, 2.05) is 0 Å². The molecule has 0 aromatic rings. The lowest BCUT2D eigenvalue weighted by Gasteiger charge is -2.44. The summed E-state index contributed by atoms with van der Waals surface area (Å²) in [5.41, 5.74) is 0. The molecule has 1 saturated carbocycles. The molecule has 3 aliphatic rings. The van der Waals surface area contributed by atoms with E-state index < -0.39 is 0 Å². The zero-order valence-electron chi connectivity index (χ0n) is 8.54. The number of hydrogen-bond donors (Lipinski definition) is 0. The Balaban J connectivity index is 1.91. The lowest BCUT2D eigenvalue weighted by Crippen LogP contribution is -2.52. The van der Waals surface area contributed by atoms with E-state index in [9.17, 15) is 4.79 Å². The largest absolute Gasteiger partial charge is 0.339 e. The number of piperidine rings is 2. The molecular formula is C12H17NO. The molecule has 0 radical (unpaired) electrons. The summed E-state index contributed by atoms with van der Waals surface area (Å²) in [6, 6.07) is 0.533. The Bertz CT molecular complexity index is 258. The fourth-order valence-electron chi connectivity index (χ4n) is 2.69. The molecule has 2 bridgehead atoms. The molecule has 0 aromatic carbocycles. The van der Waals surface area contributed by atoms with E-state index in [1.165, 1.54) is 12.8 Å². The van der Waals surface area contributed by atoms with Gasteiger partial charge < -0.3 is 4.90 Å². The minimum Gasteiger partial charge on any atom is -0.339 e. The van der Waals surface area contributed by atoms with Gasteiger partial charge in [-0.05, 0) is 32.1 Å². The average Bonchev–Trinajstić information content (AvgIpc) is 2.23. The van der Waals surface area contributed by atoms with Crippen LogP contribution in [-0.2, 0) is 4.79 Å². The van der Waals surface area contributed by atoms with Crippen LogP contribution in [0, 0.1) is 18.3 Å². The van der Waals surface area contributed by atoms with Crippen molar-refractivity contribution in [3.05, 3.63) is 0 Å². The highest BCUT2D eigenvalue weighted by Gasteiger charge is 2.39. The maximum absolute atomic E-state index is 11.9. The molecule has 14 heavy (non-hydrogen) atoms. The van der Waals surface area contributed by atoms with Crippen LogP contribution in [-0.4, -0.2) is 23.4 Å². The van der Waals surface area contributed by atoms with Crippen LogP contribution in [0.1, 0.15) is 38.5 Å². The third-order valence-electron chi connectivity index (χ3n) is 3.49. The minimum atomic E-state index is 0.339. The fraction of sp³-hybridized carbons (Fsp3) is 0.750. The molecule has 2 aliphatic heterocycles. The van der Waals surface area contributed by atoms with Crippen LogP contribution in [0.15, 0.2) is 0 Å². The molecule has 3 fully saturated rings. The average molecular weight is 191 g/mol. The Labute approximate surface area is 85.7 Å². The van der Waals surface area contributed by atoms with Crippen LogP contribution < -0.4 is 0 Å². The van der Waals surface area contributed by atoms with E-state index in [0.717, 1.165) is 32.2 Å². The Morgan fingerprint density at radius 2 is 2.07 bits per heavy atom. The predicted octanol–water partition coefficient (Wildman–Crippen LogP) is 1.80. The van der Waals surface area contributed by atoms with E-state index in [2.05, 4.69) is 10.8 Å². The van der Waals surface area contributed by atoms with Crippen molar-refractivity contribution in [2.45, 2.75) is 44.6 Å². The highest BCUT2D eigenvalue weighted by molar-refractivity contribution is 5.80. The minimum absolute atomic E-state index is 0.339. The van der Waals surface area contributed by atoms with Crippen LogP contribution in [0.5, 0.6) is 0 Å². The van der Waals surface area contributed by atoms with Gasteiger partial charge in [0.25, 0.3) is 0 Å². The number of terminal acetylenes is 1. The first-order valence-electron chi connectivity index (χ1n) is 5.57. The maximum atomic E-state index is 11.9. The topological polar surface area (TPSA) is 20.3 Å². The van der Waals surface area contributed by atoms with Gasteiger partial charge in [-0.25, -0.2) is 0 Å². The molecule has 0 aromatic heterocycles. The third kappa shape index (κ3) is 1.64. The van der Waals surface area contributed by atoms with Crippen molar-refractivity contribution < 1.29 is 4.79 Å². The number of fused-ring (bicyclic) bond motifs is 3. The summed E-state index contributed by atoms with van der Waals surface area (Å²) in [6.07, 6.45) is 11.6. The van der Waals surface area contributed by atoms with Gasteiger partial charge in [0.1, 0.15) is 0 Å². The van der Waals surface area contributed by atoms with E-state index in [1.54, 1.807) is 0 Å². The van der Waals surface area contributed by atoms with Gasteiger partial charge in [0.15, 0.2) is 0 Å². The number of nitrogens with zero attached hydrogens (tertiary/aromatic N) is 1. The standard InChI is InChI=1S/C12H17NO/c1-2-3-4-9-13-11-7-5-10(6-8-11)12(13)14/h1,10-11H,3-9H2. The van der Waals surface area contributed by atoms with Gasteiger partial charge in [0.05, 0.1) is 0 Å². The van der Waals surface area contributed by atoms with Crippen molar-refractivity contribution >= 4 is 5.91 Å². The normalized spacial score (nSPS) is 30.5. The molecular weight excluding hydrogens is 174 g/mol. The molecule has 0 spiro atoms. The molecule has 2 nitrogen and oxygen atoms in total. The van der Waals surface area contributed by atoms with Gasteiger partial charge in [-0.15, -0.1) is 12.3 Å². The van der Waals surface area contributed by atoms with Gasteiger partial charge in [-0.1, -0.05) is 0 Å². The quantitative estimate of drug-likeness (QED) is 0.492. The molecule has 0 unspecified atom stereocenters. The Hall–Kier alpha value is -0.970. The third-order valence-corrected chi connectivity index (χ3v) is 3.49. The van der Waals surface area contributed by atoms with E-state index >= 15 is 0 Å². The number of hydrogen-bond acceptors (Lipinski definition) is 1. The monoisotopic (exact) mass is 191 g/mol. The first kappa shape index (κ1) is 9.58. The number of carbonyl (C=O) groups excluding carboxylic acids is 1. The summed E-state index contributed by atoms with van der Waals surface area (Å²) in [4.78, 5) is 13.9. The summed E-state index contributed by atoms with van der Waals surface area (Å²) < 4.78 is 0. The number of carbonyl (C=O) groups is 1. The van der Waals surface area contributed by atoms with Gasteiger partial charge in [0.2, 0.25) is 5.91 Å². The van der Waals surface area contributed by atoms with Gasteiger partial charge in [-0.3, -0.25) is 4.79 Å². The van der Waals surface area contributed by atoms with Crippen LogP contribution >= 0.6 is 0 Å². The zero-order chi connectivity index (χ0) is 9.97. The maximum Gasteiger partial charge on any atom is 0.225 e. The number of rotatable bonds is 3. The number of amides is 1. The highest BCUT2D eigenvalue weighted by atomic mass is 16.2. The van der Waals surface area contributed by atoms with Crippen LogP contribution in [0.4, 0.5) is 0 Å². The lowest BCUT2D eigenvalue weighted by molar-refractivity contribution is -0.146. The van der Waals surface area contributed by atoms with Crippen molar-refractivity contribution in [1.82, 2.24) is 4.90 Å². The second kappa shape index (κ2) is 4.04. The summed E-state index contributed by atoms with van der Waals surface area (Å²) in [7, 11) is 0. The molecule has 2 heterocycles. The van der Waals surface area contributed by atoms with Crippen molar-refractivity contribution in [2.75, 3.05) is 6.54 Å². The lowest BCUT2D eigenvalue weighted by atomic mass is 9.79. The van der Waals surface area contributed by atoms with E-state index in [4.69, 9.17) is 6.42 Å². The summed E-state index contributed by atoms with van der Waals surface area (Å²) in [5, 5.41) is 0. The Morgan fingerprint density at radius 3 is 2.64 bits per heavy atom. The smallest absolute Gasteiger partial charge is 0.225 e. The van der Waals surface area contributed by atoms with E-state index in [-0.39, 0.29) is 0 Å². The first-order chi connectivity index (χ1) is 6.83. The SMILES string of the molecule is C#CCCCN1C(=O)C2CCC1CC2. The zero-order valence-corrected chi connectivity index (χ0v) is 8.54. The van der Waals surface area contributed by atoms with E-state index in [0.29, 0.717) is 17.9 Å². The molecule has 2 saturated heterocycles. The first-order valence-corrected chi connectivity index (χ1v) is 5.57. The second-order valence-electron chi connectivity index (χ2n) is 4.34. The summed E-state index contributed by atoms with van der Waals surface area (Å²) in [5.74, 6) is 3.36. The van der Waals surface area contributed by atoms with Crippen molar-refractivity contribution in [3.8, 4) is 12.3 Å². The highest BCUT2D eigenvalue weighted by Crippen LogP contribution is 2.35. The molecule has 76 valence electrons. The summed E-state index contributed by atoms with van der Waals surface area (Å²) in [6.45, 7) is 0.879. The fourth-order valence-corrected chi connectivity index (χ4v) is 2.69. The van der Waals surface area contributed by atoms with Gasteiger partial charge in [-0.2, -0.15) is 0 Å². The van der Waals surface area contributed by atoms with Crippen molar-refractivity contribution in [1.29, 1.82) is 0 Å². The summed E-state index contributed by atoms with van der Waals surface area (Å²) >= 11 is 0. The van der Waals surface area contributed by atoms with Crippen molar-refractivity contribution in [2.24, 2.45) is 5.92 Å². The second-order valence-corrected chi connectivity index (χ2v) is 4.34. The molecule has 0 atom stereocenters. The van der Waals surface area contributed by atoms with Crippen molar-refractivity contribution in [3.63, 3.8) is 0 Å². The predicted molar refractivity (Wildman–Crippen MR) is 55.5 cm³/mol. The molecule has 1 aliphatic carbocycles. The molecule has 1 amide bonds. The number of unbranched alkanes of at least 4 members (excludes halogenated alkanes) is 1. The van der Waals surface area contributed by atoms with Crippen LogP contribution in [0.2, 0.25) is 0 Å². The van der Waals surface area contributed by atoms with Crippen LogP contribution in [0.3, 0.4) is 0 Å². The Kier molecular flexibility index (Phi) is 2.77. The van der Waals surface area contributed by atoms with Gasteiger partial charge in [0, 0.05) is 24.9 Å². The molecule has 2 heteroatoms. The molecule has 3 rings (SSSR count). The Morgan fingerprint density at radius 1 is 1.36 bits per heavy atom.